The van der Waals surface area contributed by atoms with E-state index < -0.39 is 0 Å². The summed E-state index contributed by atoms with van der Waals surface area (Å²) in [4.78, 5) is 0. The van der Waals surface area contributed by atoms with Crippen LogP contribution in [0.2, 0.25) is 0 Å². The maximum atomic E-state index is 4.80. The van der Waals surface area contributed by atoms with Crippen molar-refractivity contribution in [2.24, 2.45) is 0 Å². The third-order valence-corrected chi connectivity index (χ3v) is 6.12. The van der Waals surface area contributed by atoms with Crippen LogP contribution >= 0.6 is 20.2 Å². The van der Waals surface area contributed by atoms with Gasteiger partial charge in [0.15, 0.2) is 0 Å². The molecule has 0 spiro atoms. The predicted octanol–water partition coefficient (Wildman–Crippen LogP) is 2.34. The van der Waals surface area contributed by atoms with Crippen molar-refractivity contribution in [3.05, 3.63) is 0 Å². The Hall–Kier alpha value is 0.899. The van der Waals surface area contributed by atoms with Gasteiger partial charge in [-0.05, 0) is 45.2 Å². The van der Waals surface area contributed by atoms with Gasteiger partial charge in [0.1, 0.15) is 0 Å². The van der Waals surface area contributed by atoms with Crippen LogP contribution in [0.5, 0.6) is 0 Å². The van der Waals surface area contributed by atoms with Crippen molar-refractivity contribution < 1.29 is 13.1 Å². The summed E-state index contributed by atoms with van der Waals surface area (Å²) in [7, 11) is 9.59. The third kappa shape index (κ3) is 9.97. The summed E-state index contributed by atoms with van der Waals surface area (Å²) >= 11 is 0.00694. The van der Waals surface area contributed by atoms with Gasteiger partial charge in [0.2, 0.25) is 0 Å². The minimum atomic E-state index is 0.00694. The fourth-order valence-corrected chi connectivity index (χ4v) is 4.73. The number of rotatable bonds is 0. The Kier molecular flexibility index (Phi) is 14.1. The summed E-state index contributed by atoms with van der Waals surface area (Å²) in [6.07, 6.45) is 12.1. The first-order valence-corrected chi connectivity index (χ1v) is 14.1. The van der Waals surface area contributed by atoms with Crippen molar-refractivity contribution in [2.45, 2.75) is 82.0 Å². The Balaban J connectivity index is 0.000000817. The van der Waals surface area contributed by atoms with E-state index in [1.165, 1.54) is 57.8 Å². The monoisotopic (exact) mass is 462 g/mol. The molecular weight excluding hydrogens is 424 g/mol. The molecule has 1 heterocycles. The van der Waals surface area contributed by atoms with Gasteiger partial charge in [-0.15, -0.1) is 0 Å². The molecule has 0 bridgehead atoms. The van der Waals surface area contributed by atoms with E-state index in [2.05, 4.69) is 26.6 Å². The molecule has 2 aliphatic carbocycles. The fraction of sp³-hybridized carbons (Fsp3) is 1.00. The van der Waals surface area contributed by atoms with E-state index >= 15 is 0 Å². The van der Waals surface area contributed by atoms with Gasteiger partial charge in [-0.2, -0.15) is 0 Å². The molecule has 3 fully saturated rings. The Morgan fingerprint density at radius 3 is 1.30 bits per heavy atom. The summed E-state index contributed by atoms with van der Waals surface area (Å²) in [5.74, 6) is 0. The topological polar surface area (TPSA) is 60.1 Å². The van der Waals surface area contributed by atoms with Gasteiger partial charge in [0.25, 0.3) is 0 Å². The molecule has 2 unspecified atom stereocenters. The van der Waals surface area contributed by atoms with Gasteiger partial charge in [-0.1, -0.05) is 25.7 Å². The van der Waals surface area contributed by atoms with E-state index in [1.54, 1.807) is 0 Å². The average Bonchev–Trinajstić information content (AvgIpc) is 2.69. The Bertz CT molecular complexity index is 335. The molecule has 3 rings (SSSR count). The molecule has 1 saturated heterocycles. The first kappa shape index (κ1) is 24.2. The van der Waals surface area contributed by atoms with Gasteiger partial charge < -0.3 is 26.6 Å². The maximum absolute atomic E-state index is 4.80. The van der Waals surface area contributed by atoms with Crippen molar-refractivity contribution in [2.75, 3.05) is 39.3 Å². The Labute approximate surface area is 180 Å². The van der Waals surface area contributed by atoms with Crippen LogP contribution in [-0.4, -0.2) is 63.4 Å². The molecule has 5 N–H and O–H groups in total. The first-order chi connectivity index (χ1) is 13.3. The predicted molar refractivity (Wildman–Crippen MR) is 113 cm³/mol. The van der Waals surface area contributed by atoms with Crippen LogP contribution in [0.15, 0.2) is 0 Å². The molecule has 0 aromatic rings. The van der Waals surface area contributed by atoms with Gasteiger partial charge in [-0.3, -0.25) is 0 Å². The zero-order valence-electron chi connectivity index (χ0n) is 16.5. The van der Waals surface area contributed by atoms with Crippen LogP contribution < -0.4 is 26.6 Å². The van der Waals surface area contributed by atoms with E-state index in [4.69, 9.17) is 20.2 Å². The van der Waals surface area contributed by atoms with Crippen molar-refractivity contribution in [3.63, 3.8) is 0 Å². The Morgan fingerprint density at radius 2 is 0.852 bits per heavy atom. The molecule has 4 atom stereocenters. The van der Waals surface area contributed by atoms with E-state index in [0.29, 0.717) is 24.2 Å². The average molecular weight is 463 g/mol. The quantitative estimate of drug-likeness (QED) is 0.357. The van der Waals surface area contributed by atoms with Crippen LogP contribution in [0.4, 0.5) is 0 Å². The standard InChI is InChI=1S/C19H39N5.2ClH.Mn/c1-2-7-17-16(6-1)21-11-5-10-20-12-13-22-18-8-3-4-9-19(18)24-15-14-23-17;;;/h16-24H,1-15H2;2*1H;/q;;;+2/p-2/t16?,17?,18-,19-;;;/m1.../s1. The van der Waals surface area contributed by atoms with Crippen molar-refractivity contribution in [1.29, 1.82) is 0 Å². The zero-order chi connectivity index (χ0) is 19.2. The SMILES string of the molecule is C1CNCCN[C@@H]2CCCC[C@H]2NCCNC2CCCCC2NC1.[Cl][Mn][Cl]. The number of halogens is 2. The second kappa shape index (κ2) is 15.7. The van der Waals surface area contributed by atoms with E-state index in [1.807, 2.05) is 0 Å². The molecular formula is C19H39Cl2MnN5. The normalized spacial score (nSPS) is 34.4. The van der Waals surface area contributed by atoms with Crippen LogP contribution in [-0.2, 0) is 13.1 Å². The van der Waals surface area contributed by atoms with Crippen molar-refractivity contribution >= 4 is 20.2 Å². The minimum absolute atomic E-state index is 0.00694. The van der Waals surface area contributed by atoms with Gasteiger partial charge in [-0.25, -0.2) is 0 Å². The van der Waals surface area contributed by atoms with Gasteiger partial charge in [0, 0.05) is 50.3 Å². The molecule has 0 amide bonds. The third-order valence-electron chi connectivity index (χ3n) is 6.12. The molecule has 161 valence electrons. The summed E-state index contributed by atoms with van der Waals surface area (Å²) < 4.78 is 0. The van der Waals surface area contributed by atoms with Crippen molar-refractivity contribution in [1.82, 2.24) is 26.6 Å². The molecule has 8 heteroatoms. The summed E-state index contributed by atoms with van der Waals surface area (Å²) in [6, 6.07) is 2.67. The summed E-state index contributed by atoms with van der Waals surface area (Å²) in [6.45, 7) is 6.67. The molecule has 0 radical (unpaired) electrons. The first-order valence-electron chi connectivity index (χ1n) is 10.9. The zero-order valence-corrected chi connectivity index (χ0v) is 19.2. The van der Waals surface area contributed by atoms with Crippen LogP contribution in [0, 0.1) is 0 Å². The van der Waals surface area contributed by atoms with E-state index in [-0.39, 0.29) is 13.1 Å². The molecule has 2 saturated carbocycles. The van der Waals surface area contributed by atoms with E-state index in [9.17, 15) is 0 Å². The van der Waals surface area contributed by atoms with Crippen LogP contribution in [0.1, 0.15) is 57.8 Å². The number of hydrogen-bond acceptors (Lipinski definition) is 5. The van der Waals surface area contributed by atoms with Gasteiger partial charge >= 0.3 is 33.3 Å². The summed E-state index contributed by atoms with van der Waals surface area (Å²) in [5, 5.41) is 18.9. The van der Waals surface area contributed by atoms with Crippen LogP contribution in [0.25, 0.3) is 0 Å². The molecule has 0 aromatic heterocycles. The van der Waals surface area contributed by atoms with Crippen LogP contribution in [0.3, 0.4) is 0 Å². The second-order valence-electron chi connectivity index (χ2n) is 7.97. The van der Waals surface area contributed by atoms with E-state index in [0.717, 1.165) is 39.3 Å². The molecule has 3 aliphatic rings. The fourth-order valence-electron chi connectivity index (χ4n) is 4.73. The van der Waals surface area contributed by atoms with Gasteiger partial charge in [0.05, 0.1) is 0 Å². The summed E-state index contributed by atoms with van der Waals surface area (Å²) in [5.41, 5.74) is 0. The number of hydrogen-bond donors (Lipinski definition) is 5. The number of fused-ring (bicyclic) bond motifs is 2. The molecule has 0 aromatic carbocycles. The molecule has 27 heavy (non-hydrogen) atoms. The number of nitrogens with one attached hydrogen (secondary N) is 5. The molecule has 1 aliphatic heterocycles. The molecule has 5 nitrogen and oxygen atoms in total. The van der Waals surface area contributed by atoms with Crippen molar-refractivity contribution in [3.8, 4) is 0 Å². The Morgan fingerprint density at radius 1 is 0.481 bits per heavy atom. The second-order valence-corrected chi connectivity index (χ2v) is 9.92.